The first-order valence-corrected chi connectivity index (χ1v) is 3.85. The minimum atomic E-state index is -0.208. The minimum absolute atomic E-state index is 0.130. The molecule has 64 valence electrons. The van der Waals surface area contributed by atoms with E-state index >= 15 is 0 Å². The molecule has 0 aromatic heterocycles. The SMILES string of the molecule is NCNC(=O)c1cccc(Cl)c1. The van der Waals surface area contributed by atoms with E-state index in [4.69, 9.17) is 17.3 Å². The smallest absolute Gasteiger partial charge is 0.252 e. The van der Waals surface area contributed by atoms with Gasteiger partial charge in [0.25, 0.3) is 5.91 Å². The van der Waals surface area contributed by atoms with Gasteiger partial charge in [0.05, 0.1) is 6.67 Å². The molecule has 0 saturated heterocycles. The Morgan fingerprint density at radius 2 is 2.33 bits per heavy atom. The highest BCUT2D eigenvalue weighted by Gasteiger charge is 2.02. The molecule has 3 nitrogen and oxygen atoms in total. The number of hydrogen-bond acceptors (Lipinski definition) is 2. The third kappa shape index (κ3) is 2.22. The second kappa shape index (κ2) is 4.09. The standard InChI is InChI=1S/C8H9ClN2O/c9-7-3-1-2-6(4-7)8(12)11-5-10/h1-4H,5,10H2,(H,11,12). The van der Waals surface area contributed by atoms with Crippen LogP contribution in [-0.4, -0.2) is 12.6 Å². The molecular formula is C8H9ClN2O. The Labute approximate surface area is 75.5 Å². The summed E-state index contributed by atoms with van der Waals surface area (Å²) in [6.45, 7) is 0.130. The fraction of sp³-hybridized carbons (Fsp3) is 0.125. The van der Waals surface area contributed by atoms with Gasteiger partial charge in [-0.1, -0.05) is 17.7 Å². The van der Waals surface area contributed by atoms with E-state index in [9.17, 15) is 4.79 Å². The molecule has 12 heavy (non-hydrogen) atoms. The van der Waals surface area contributed by atoms with Gasteiger partial charge in [-0.2, -0.15) is 0 Å². The summed E-state index contributed by atoms with van der Waals surface area (Å²) in [5.74, 6) is -0.208. The summed E-state index contributed by atoms with van der Waals surface area (Å²) >= 11 is 5.68. The largest absolute Gasteiger partial charge is 0.340 e. The van der Waals surface area contributed by atoms with Gasteiger partial charge in [0, 0.05) is 10.6 Å². The van der Waals surface area contributed by atoms with Gasteiger partial charge in [-0.25, -0.2) is 0 Å². The monoisotopic (exact) mass is 184 g/mol. The number of halogens is 1. The van der Waals surface area contributed by atoms with Crippen molar-refractivity contribution >= 4 is 17.5 Å². The van der Waals surface area contributed by atoms with Crippen molar-refractivity contribution in [1.82, 2.24) is 5.32 Å². The normalized spacial score (nSPS) is 9.50. The van der Waals surface area contributed by atoms with Crippen LogP contribution in [-0.2, 0) is 0 Å². The fourth-order valence-electron chi connectivity index (χ4n) is 0.824. The molecule has 1 rings (SSSR count). The molecule has 1 amide bonds. The van der Waals surface area contributed by atoms with E-state index in [2.05, 4.69) is 5.32 Å². The number of nitrogens with one attached hydrogen (secondary N) is 1. The van der Waals surface area contributed by atoms with Crippen LogP contribution in [0.1, 0.15) is 10.4 Å². The first kappa shape index (κ1) is 9.03. The van der Waals surface area contributed by atoms with Gasteiger partial charge in [-0.05, 0) is 18.2 Å². The van der Waals surface area contributed by atoms with E-state index in [1.165, 1.54) is 0 Å². The molecule has 0 atom stereocenters. The molecular weight excluding hydrogens is 176 g/mol. The molecule has 0 unspecified atom stereocenters. The predicted molar refractivity (Wildman–Crippen MR) is 48.0 cm³/mol. The van der Waals surface area contributed by atoms with Crippen LogP contribution in [0.5, 0.6) is 0 Å². The number of benzene rings is 1. The summed E-state index contributed by atoms with van der Waals surface area (Å²) in [6.07, 6.45) is 0. The molecule has 0 fully saturated rings. The zero-order chi connectivity index (χ0) is 8.97. The van der Waals surface area contributed by atoms with Crippen molar-refractivity contribution in [1.29, 1.82) is 0 Å². The van der Waals surface area contributed by atoms with Gasteiger partial charge in [0.2, 0.25) is 0 Å². The minimum Gasteiger partial charge on any atom is -0.340 e. The zero-order valence-electron chi connectivity index (χ0n) is 6.38. The molecule has 1 aromatic rings. The van der Waals surface area contributed by atoms with Crippen molar-refractivity contribution in [2.45, 2.75) is 0 Å². The van der Waals surface area contributed by atoms with Crippen LogP contribution in [0.3, 0.4) is 0 Å². The summed E-state index contributed by atoms with van der Waals surface area (Å²) in [4.78, 5) is 11.1. The van der Waals surface area contributed by atoms with E-state index in [0.29, 0.717) is 10.6 Å². The first-order valence-electron chi connectivity index (χ1n) is 3.48. The molecule has 0 aliphatic rings. The third-order valence-corrected chi connectivity index (χ3v) is 1.58. The average Bonchev–Trinajstić information content (AvgIpc) is 2.05. The van der Waals surface area contributed by atoms with Gasteiger partial charge in [0.15, 0.2) is 0 Å². The van der Waals surface area contributed by atoms with Gasteiger partial charge >= 0.3 is 0 Å². The van der Waals surface area contributed by atoms with Crippen molar-refractivity contribution in [2.24, 2.45) is 5.73 Å². The van der Waals surface area contributed by atoms with Crippen LogP contribution >= 0.6 is 11.6 Å². The van der Waals surface area contributed by atoms with E-state index < -0.39 is 0 Å². The number of carbonyl (C=O) groups is 1. The summed E-state index contributed by atoms with van der Waals surface area (Å²) < 4.78 is 0. The Hall–Kier alpha value is -1.06. The van der Waals surface area contributed by atoms with E-state index in [1.54, 1.807) is 24.3 Å². The van der Waals surface area contributed by atoms with Crippen molar-refractivity contribution in [3.05, 3.63) is 34.9 Å². The Balaban J connectivity index is 2.81. The maximum atomic E-state index is 11.1. The van der Waals surface area contributed by atoms with Crippen LogP contribution in [0.25, 0.3) is 0 Å². The fourth-order valence-corrected chi connectivity index (χ4v) is 1.01. The number of amides is 1. The average molecular weight is 185 g/mol. The Morgan fingerprint density at radius 3 is 2.92 bits per heavy atom. The summed E-state index contributed by atoms with van der Waals surface area (Å²) in [6, 6.07) is 6.69. The molecule has 1 aromatic carbocycles. The lowest BCUT2D eigenvalue weighted by Crippen LogP contribution is -2.29. The van der Waals surface area contributed by atoms with Gasteiger partial charge < -0.3 is 11.1 Å². The van der Waals surface area contributed by atoms with Crippen molar-refractivity contribution in [3.63, 3.8) is 0 Å². The number of nitrogens with two attached hydrogens (primary N) is 1. The Morgan fingerprint density at radius 1 is 1.58 bits per heavy atom. The van der Waals surface area contributed by atoms with Crippen LogP contribution in [0.4, 0.5) is 0 Å². The van der Waals surface area contributed by atoms with Gasteiger partial charge in [0.1, 0.15) is 0 Å². The Bertz CT molecular complexity index is 288. The van der Waals surface area contributed by atoms with Crippen LogP contribution < -0.4 is 11.1 Å². The number of rotatable bonds is 2. The van der Waals surface area contributed by atoms with E-state index in [0.717, 1.165) is 0 Å². The molecule has 0 bridgehead atoms. The second-order valence-electron chi connectivity index (χ2n) is 2.22. The highest BCUT2D eigenvalue weighted by atomic mass is 35.5. The highest BCUT2D eigenvalue weighted by Crippen LogP contribution is 2.09. The molecule has 0 heterocycles. The molecule has 0 spiro atoms. The van der Waals surface area contributed by atoms with Crippen LogP contribution in [0.2, 0.25) is 5.02 Å². The molecule has 3 N–H and O–H groups in total. The quantitative estimate of drug-likeness (QED) is 0.674. The lowest BCUT2D eigenvalue weighted by molar-refractivity contribution is 0.0955. The summed E-state index contributed by atoms with van der Waals surface area (Å²) in [5, 5.41) is 3.01. The summed E-state index contributed by atoms with van der Waals surface area (Å²) in [5.41, 5.74) is 5.66. The maximum Gasteiger partial charge on any atom is 0.252 e. The molecule has 0 aliphatic heterocycles. The molecule has 0 saturated carbocycles. The van der Waals surface area contributed by atoms with Gasteiger partial charge in [-0.3, -0.25) is 4.79 Å². The molecule has 0 radical (unpaired) electrons. The van der Waals surface area contributed by atoms with Crippen LogP contribution in [0.15, 0.2) is 24.3 Å². The second-order valence-corrected chi connectivity index (χ2v) is 2.66. The lowest BCUT2D eigenvalue weighted by Gasteiger charge is -2.01. The topological polar surface area (TPSA) is 55.1 Å². The molecule has 4 heteroatoms. The number of hydrogen-bond donors (Lipinski definition) is 2. The maximum absolute atomic E-state index is 11.1. The highest BCUT2D eigenvalue weighted by molar-refractivity contribution is 6.30. The van der Waals surface area contributed by atoms with Crippen molar-refractivity contribution in [2.75, 3.05) is 6.67 Å². The zero-order valence-corrected chi connectivity index (χ0v) is 7.14. The lowest BCUT2D eigenvalue weighted by atomic mass is 10.2. The first-order chi connectivity index (χ1) is 5.74. The predicted octanol–water partition coefficient (Wildman–Crippen LogP) is 0.986. The van der Waals surface area contributed by atoms with Crippen molar-refractivity contribution < 1.29 is 4.79 Å². The third-order valence-electron chi connectivity index (χ3n) is 1.35. The van der Waals surface area contributed by atoms with Gasteiger partial charge in [-0.15, -0.1) is 0 Å². The van der Waals surface area contributed by atoms with Crippen LogP contribution in [0, 0.1) is 0 Å². The Kier molecular flexibility index (Phi) is 3.08. The van der Waals surface area contributed by atoms with E-state index in [-0.39, 0.29) is 12.6 Å². The number of carbonyl (C=O) groups excluding carboxylic acids is 1. The van der Waals surface area contributed by atoms with E-state index in [1.807, 2.05) is 0 Å². The molecule has 0 aliphatic carbocycles. The summed E-state index contributed by atoms with van der Waals surface area (Å²) in [7, 11) is 0. The van der Waals surface area contributed by atoms with Crippen molar-refractivity contribution in [3.8, 4) is 0 Å².